The largest absolute Gasteiger partial charge is 0.448 e. The number of rotatable bonds is 6. The number of nitrogens with one attached hydrogen (secondary N) is 2. The van der Waals surface area contributed by atoms with Crippen LogP contribution in [0, 0.1) is 5.92 Å². The molecule has 26 heavy (non-hydrogen) atoms. The Balaban J connectivity index is 1.66. The zero-order valence-electron chi connectivity index (χ0n) is 14.6. The Morgan fingerprint density at radius 1 is 1.19 bits per heavy atom. The van der Waals surface area contributed by atoms with E-state index in [2.05, 4.69) is 15.6 Å². The molecule has 2 N–H and O–H groups in total. The van der Waals surface area contributed by atoms with E-state index in [0.29, 0.717) is 17.6 Å². The number of benzene rings is 1. The van der Waals surface area contributed by atoms with Crippen molar-refractivity contribution in [2.24, 2.45) is 5.92 Å². The first kappa shape index (κ1) is 17.7. The van der Waals surface area contributed by atoms with Gasteiger partial charge in [-0.1, -0.05) is 26.0 Å². The van der Waals surface area contributed by atoms with Gasteiger partial charge in [-0.15, -0.1) is 0 Å². The van der Waals surface area contributed by atoms with Crippen LogP contribution < -0.4 is 16.2 Å². The number of carbonyl (C=O) groups is 2. The van der Waals surface area contributed by atoms with Gasteiger partial charge < -0.3 is 15.1 Å². The molecule has 0 radical (unpaired) electrons. The van der Waals surface area contributed by atoms with Crippen molar-refractivity contribution in [2.75, 3.05) is 13.1 Å². The maximum absolute atomic E-state index is 12.5. The number of aromatic nitrogens is 2. The van der Waals surface area contributed by atoms with Gasteiger partial charge in [-0.3, -0.25) is 19.0 Å². The fraction of sp³-hybridized carbons (Fsp3) is 0.333. The van der Waals surface area contributed by atoms with Crippen molar-refractivity contribution in [2.45, 2.75) is 20.4 Å². The minimum atomic E-state index is -0.408. The van der Waals surface area contributed by atoms with Crippen LogP contribution in [0.4, 0.5) is 0 Å². The van der Waals surface area contributed by atoms with E-state index in [1.807, 2.05) is 18.2 Å². The summed E-state index contributed by atoms with van der Waals surface area (Å²) >= 11 is 0. The molecule has 2 amide bonds. The lowest BCUT2D eigenvalue weighted by Crippen LogP contribution is -2.38. The van der Waals surface area contributed by atoms with Crippen molar-refractivity contribution >= 4 is 33.9 Å². The summed E-state index contributed by atoms with van der Waals surface area (Å²) < 4.78 is 6.78. The molecule has 0 spiro atoms. The lowest BCUT2D eigenvalue weighted by Gasteiger charge is -2.09. The van der Waals surface area contributed by atoms with E-state index in [9.17, 15) is 14.4 Å². The van der Waals surface area contributed by atoms with Crippen molar-refractivity contribution in [1.29, 1.82) is 0 Å². The number of furan rings is 1. The van der Waals surface area contributed by atoms with Crippen molar-refractivity contribution in [1.82, 2.24) is 20.2 Å². The Labute approximate surface area is 149 Å². The molecule has 0 aliphatic carbocycles. The highest BCUT2D eigenvalue weighted by atomic mass is 16.3. The summed E-state index contributed by atoms with van der Waals surface area (Å²) in [6.07, 6.45) is 1.34. The van der Waals surface area contributed by atoms with Gasteiger partial charge in [-0.05, 0) is 12.1 Å². The second kappa shape index (κ2) is 7.38. The zero-order chi connectivity index (χ0) is 18.7. The molecule has 3 rings (SSSR count). The summed E-state index contributed by atoms with van der Waals surface area (Å²) in [7, 11) is 0. The number of carbonyl (C=O) groups excluding carboxylic acids is 2. The van der Waals surface area contributed by atoms with Crippen molar-refractivity contribution in [3.05, 3.63) is 40.9 Å². The first-order valence-electron chi connectivity index (χ1n) is 8.38. The predicted octanol–water partition coefficient (Wildman–Crippen LogP) is 1.03. The van der Waals surface area contributed by atoms with Gasteiger partial charge in [0, 0.05) is 24.4 Å². The quantitative estimate of drug-likeness (QED) is 0.642. The number of para-hydroxylation sites is 1. The van der Waals surface area contributed by atoms with Gasteiger partial charge in [-0.2, -0.15) is 0 Å². The Morgan fingerprint density at radius 3 is 2.69 bits per heavy atom. The Kier molecular flexibility index (Phi) is 5.01. The highest BCUT2D eigenvalue weighted by molar-refractivity contribution is 6.01. The van der Waals surface area contributed by atoms with E-state index in [1.54, 1.807) is 19.9 Å². The van der Waals surface area contributed by atoms with Gasteiger partial charge in [0.25, 0.3) is 5.56 Å². The molecule has 8 heteroatoms. The summed E-state index contributed by atoms with van der Waals surface area (Å²) in [5.41, 5.74) is 0.786. The van der Waals surface area contributed by atoms with Gasteiger partial charge in [0.2, 0.25) is 17.4 Å². The first-order chi connectivity index (χ1) is 12.5. The lowest BCUT2D eigenvalue weighted by molar-refractivity contribution is -0.125. The Hall–Kier alpha value is -3.16. The normalized spacial score (nSPS) is 11.2. The molecule has 0 aliphatic heterocycles. The van der Waals surface area contributed by atoms with Crippen LogP contribution in [-0.4, -0.2) is 34.5 Å². The number of hydrogen-bond acceptors (Lipinski definition) is 5. The highest BCUT2D eigenvalue weighted by Gasteiger charge is 2.14. The van der Waals surface area contributed by atoms with E-state index >= 15 is 0 Å². The monoisotopic (exact) mass is 356 g/mol. The zero-order valence-corrected chi connectivity index (χ0v) is 14.6. The Bertz CT molecular complexity index is 1020. The molecule has 2 heterocycles. The van der Waals surface area contributed by atoms with Crippen LogP contribution in [0.2, 0.25) is 0 Å². The number of hydrogen-bond donors (Lipinski definition) is 2. The molecule has 136 valence electrons. The molecule has 0 bridgehead atoms. The van der Waals surface area contributed by atoms with E-state index in [-0.39, 0.29) is 36.4 Å². The summed E-state index contributed by atoms with van der Waals surface area (Å²) in [6.45, 7) is 4.03. The molecule has 0 fully saturated rings. The average molecular weight is 356 g/mol. The molecule has 0 saturated heterocycles. The minimum absolute atomic E-state index is 0.0741. The van der Waals surface area contributed by atoms with Crippen LogP contribution in [0.25, 0.3) is 22.1 Å². The summed E-state index contributed by atoms with van der Waals surface area (Å²) in [5.74, 6) is -0.524. The molecular weight excluding hydrogens is 336 g/mol. The first-order valence-corrected chi connectivity index (χ1v) is 8.38. The van der Waals surface area contributed by atoms with Crippen LogP contribution in [0.3, 0.4) is 0 Å². The van der Waals surface area contributed by atoms with Gasteiger partial charge in [0.1, 0.15) is 17.6 Å². The summed E-state index contributed by atoms with van der Waals surface area (Å²) in [5, 5.41) is 6.12. The fourth-order valence-corrected chi connectivity index (χ4v) is 2.53. The number of amides is 2. The van der Waals surface area contributed by atoms with E-state index in [1.165, 1.54) is 10.9 Å². The van der Waals surface area contributed by atoms with Crippen LogP contribution in [0.1, 0.15) is 13.8 Å². The standard InChI is InChI=1S/C18H20N4O4/c1-11(2)17(24)20-8-7-19-14(23)9-22-10-21-15-12-5-3-4-6-13(12)26-16(15)18(22)25/h3-6,10-11H,7-9H2,1-2H3,(H,19,23)(H,20,24). The third-order valence-electron chi connectivity index (χ3n) is 3.94. The van der Waals surface area contributed by atoms with E-state index in [4.69, 9.17) is 4.42 Å². The molecular formula is C18H20N4O4. The fourth-order valence-electron chi connectivity index (χ4n) is 2.53. The summed E-state index contributed by atoms with van der Waals surface area (Å²) in [6, 6.07) is 7.25. The third kappa shape index (κ3) is 3.58. The minimum Gasteiger partial charge on any atom is -0.448 e. The van der Waals surface area contributed by atoms with Gasteiger partial charge in [0.05, 0.1) is 6.33 Å². The maximum atomic E-state index is 12.5. The molecule has 0 unspecified atom stereocenters. The van der Waals surface area contributed by atoms with Gasteiger partial charge in [-0.25, -0.2) is 4.98 Å². The summed E-state index contributed by atoms with van der Waals surface area (Å²) in [4.78, 5) is 40.2. The highest BCUT2D eigenvalue weighted by Crippen LogP contribution is 2.23. The molecule has 8 nitrogen and oxygen atoms in total. The van der Waals surface area contributed by atoms with Crippen LogP contribution in [0.15, 0.2) is 39.8 Å². The van der Waals surface area contributed by atoms with Crippen LogP contribution >= 0.6 is 0 Å². The van der Waals surface area contributed by atoms with Crippen molar-refractivity contribution in [3.63, 3.8) is 0 Å². The molecule has 0 aliphatic rings. The SMILES string of the molecule is CC(C)C(=O)NCCNC(=O)Cn1cnc2c(oc3ccccc32)c1=O. The smallest absolute Gasteiger partial charge is 0.297 e. The average Bonchev–Trinajstić information content (AvgIpc) is 3.00. The topological polar surface area (TPSA) is 106 Å². The molecule has 1 aromatic carbocycles. The van der Waals surface area contributed by atoms with E-state index in [0.717, 1.165) is 5.39 Å². The van der Waals surface area contributed by atoms with Crippen molar-refractivity contribution in [3.8, 4) is 0 Å². The maximum Gasteiger partial charge on any atom is 0.297 e. The van der Waals surface area contributed by atoms with Crippen LogP contribution in [-0.2, 0) is 16.1 Å². The third-order valence-corrected chi connectivity index (χ3v) is 3.94. The van der Waals surface area contributed by atoms with Gasteiger partial charge >= 0.3 is 0 Å². The van der Waals surface area contributed by atoms with E-state index < -0.39 is 5.56 Å². The molecule has 0 saturated carbocycles. The lowest BCUT2D eigenvalue weighted by atomic mass is 10.2. The number of fused-ring (bicyclic) bond motifs is 3. The Morgan fingerprint density at radius 2 is 1.92 bits per heavy atom. The molecule has 2 aromatic heterocycles. The second-order valence-corrected chi connectivity index (χ2v) is 6.25. The molecule has 3 aromatic rings. The van der Waals surface area contributed by atoms with Crippen LogP contribution in [0.5, 0.6) is 0 Å². The molecule has 0 atom stereocenters. The van der Waals surface area contributed by atoms with Gasteiger partial charge in [0.15, 0.2) is 0 Å². The number of nitrogens with zero attached hydrogens (tertiary/aromatic N) is 2. The second-order valence-electron chi connectivity index (χ2n) is 6.25. The predicted molar refractivity (Wildman–Crippen MR) is 96.6 cm³/mol. The van der Waals surface area contributed by atoms with Crippen molar-refractivity contribution < 1.29 is 14.0 Å².